The zero-order valence-corrected chi connectivity index (χ0v) is 9.90. The average molecular weight is 240 g/mol. The molecule has 0 saturated carbocycles. The first-order chi connectivity index (χ1) is 8.72. The van der Waals surface area contributed by atoms with E-state index in [4.69, 9.17) is 0 Å². The molecule has 0 bridgehead atoms. The summed E-state index contributed by atoms with van der Waals surface area (Å²) in [5.74, 6) is 0. The van der Waals surface area contributed by atoms with Crippen LogP contribution in [0.3, 0.4) is 0 Å². The topological polar surface area (TPSA) is 74.4 Å². The van der Waals surface area contributed by atoms with Gasteiger partial charge in [-0.25, -0.2) is 9.78 Å². The Bertz CT molecular complexity index is 743. The quantitative estimate of drug-likeness (QED) is 0.713. The third-order valence-corrected chi connectivity index (χ3v) is 2.80. The Kier molecular flexibility index (Phi) is 2.44. The highest BCUT2D eigenvalue weighted by molar-refractivity contribution is 5.74. The summed E-state index contributed by atoms with van der Waals surface area (Å²) in [6.07, 6.45) is 2.44. The summed E-state index contributed by atoms with van der Waals surface area (Å²) >= 11 is 0. The van der Waals surface area contributed by atoms with Crippen LogP contribution < -0.4 is 5.69 Å². The van der Waals surface area contributed by atoms with Gasteiger partial charge in [-0.3, -0.25) is 9.97 Å². The number of rotatable bonds is 2. The van der Waals surface area contributed by atoms with Crippen LogP contribution in [0, 0.1) is 6.92 Å². The maximum absolute atomic E-state index is 11.3. The predicted molar refractivity (Wildman–Crippen MR) is 68.5 cm³/mol. The first-order valence-corrected chi connectivity index (χ1v) is 5.71. The van der Waals surface area contributed by atoms with E-state index >= 15 is 0 Å². The molecule has 0 aliphatic heterocycles. The van der Waals surface area contributed by atoms with Gasteiger partial charge in [-0.1, -0.05) is 6.07 Å². The molecule has 2 N–H and O–H groups in total. The first-order valence-electron chi connectivity index (χ1n) is 5.71. The minimum absolute atomic E-state index is 0.231. The summed E-state index contributed by atoms with van der Waals surface area (Å²) in [7, 11) is 0. The van der Waals surface area contributed by atoms with Crippen molar-refractivity contribution in [1.29, 1.82) is 0 Å². The van der Waals surface area contributed by atoms with Gasteiger partial charge < -0.3 is 4.98 Å². The Hall–Kier alpha value is -2.43. The lowest BCUT2D eigenvalue weighted by atomic mass is 10.1. The second kappa shape index (κ2) is 4.10. The Morgan fingerprint density at radius 2 is 2.17 bits per heavy atom. The molecule has 0 radical (unpaired) electrons. The number of fused-ring (bicyclic) bond motifs is 1. The van der Waals surface area contributed by atoms with E-state index in [1.807, 2.05) is 31.2 Å². The van der Waals surface area contributed by atoms with Gasteiger partial charge in [0, 0.05) is 24.0 Å². The number of imidazole rings is 1. The highest BCUT2D eigenvalue weighted by atomic mass is 16.1. The monoisotopic (exact) mass is 240 g/mol. The first kappa shape index (κ1) is 10.7. The molecule has 0 aliphatic rings. The number of nitrogens with zero attached hydrogens (tertiary/aromatic N) is 2. The van der Waals surface area contributed by atoms with Crippen molar-refractivity contribution in [2.75, 3.05) is 0 Å². The third kappa shape index (κ3) is 1.90. The maximum atomic E-state index is 11.3. The molecular weight excluding hydrogens is 228 g/mol. The van der Waals surface area contributed by atoms with Crippen LogP contribution in [0.5, 0.6) is 0 Å². The van der Waals surface area contributed by atoms with Crippen LogP contribution in [0.1, 0.15) is 17.0 Å². The van der Waals surface area contributed by atoms with Gasteiger partial charge in [-0.05, 0) is 30.7 Å². The van der Waals surface area contributed by atoms with Gasteiger partial charge in [0.05, 0.1) is 5.52 Å². The lowest BCUT2D eigenvalue weighted by Gasteiger charge is -2.03. The van der Waals surface area contributed by atoms with Gasteiger partial charge in [0.1, 0.15) is 0 Å². The van der Waals surface area contributed by atoms with Crippen LogP contribution in [-0.4, -0.2) is 19.9 Å². The van der Waals surface area contributed by atoms with E-state index in [2.05, 4.69) is 19.9 Å². The molecule has 5 heteroatoms. The molecule has 3 rings (SSSR count). The normalized spacial score (nSPS) is 10.9. The van der Waals surface area contributed by atoms with Crippen LogP contribution >= 0.6 is 0 Å². The van der Waals surface area contributed by atoms with Crippen LogP contribution in [0.15, 0.2) is 35.3 Å². The van der Waals surface area contributed by atoms with Gasteiger partial charge in [-0.15, -0.1) is 0 Å². The lowest BCUT2D eigenvalue weighted by Crippen LogP contribution is -2.00. The molecule has 0 aliphatic carbocycles. The molecule has 5 nitrogen and oxygen atoms in total. The van der Waals surface area contributed by atoms with Gasteiger partial charge in [-0.2, -0.15) is 0 Å². The molecule has 90 valence electrons. The number of nitrogens with one attached hydrogen (secondary N) is 2. The highest BCUT2D eigenvalue weighted by Crippen LogP contribution is 2.16. The molecule has 0 amide bonds. The van der Waals surface area contributed by atoms with Crippen LogP contribution in [-0.2, 0) is 6.42 Å². The van der Waals surface area contributed by atoms with Crippen molar-refractivity contribution >= 4 is 11.2 Å². The summed E-state index contributed by atoms with van der Waals surface area (Å²) in [4.78, 5) is 25.4. The zero-order valence-electron chi connectivity index (χ0n) is 9.90. The van der Waals surface area contributed by atoms with Crippen LogP contribution in [0.25, 0.3) is 11.2 Å². The molecule has 0 unspecified atom stereocenters. The van der Waals surface area contributed by atoms with Crippen molar-refractivity contribution in [3.63, 3.8) is 0 Å². The maximum Gasteiger partial charge on any atom is 0.325 e. The van der Waals surface area contributed by atoms with Gasteiger partial charge in [0.15, 0.2) is 5.65 Å². The van der Waals surface area contributed by atoms with Crippen molar-refractivity contribution in [3.05, 3.63) is 57.9 Å². The summed E-state index contributed by atoms with van der Waals surface area (Å²) in [5.41, 5.74) is 4.00. The van der Waals surface area contributed by atoms with Crippen LogP contribution in [0.2, 0.25) is 0 Å². The molecule has 3 aromatic heterocycles. The Morgan fingerprint density at radius 3 is 2.94 bits per heavy atom. The zero-order chi connectivity index (χ0) is 12.5. The van der Waals surface area contributed by atoms with E-state index in [0.717, 1.165) is 22.5 Å². The van der Waals surface area contributed by atoms with Crippen molar-refractivity contribution in [2.45, 2.75) is 13.3 Å². The minimum atomic E-state index is -0.231. The van der Waals surface area contributed by atoms with E-state index in [0.29, 0.717) is 12.1 Å². The summed E-state index contributed by atoms with van der Waals surface area (Å²) in [6.45, 7) is 1.91. The molecule has 0 atom stereocenters. The molecule has 0 fully saturated rings. The van der Waals surface area contributed by atoms with E-state index < -0.39 is 0 Å². The van der Waals surface area contributed by atoms with E-state index in [1.165, 1.54) is 0 Å². The van der Waals surface area contributed by atoms with Gasteiger partial charge >= 0.3 is 5.69 Å². The molecule has 0 saturated heterocycles. The predicted octanol–water partition coefficient (Wildman–Crippen LogP) is 1.55. The number of aromatic nitrogens is 4. The summed E-state index contributed by atoms with van der Waals surface area (Å²) in [6, 6.07) is 7.77. The largest absolute Gasteiger partial charge is 0.325 e. The number of hydrogen-bond donors (Lipinski definition) is 2. The smallest absolute Gasteiger partial charge is 0.304 e. The van der Waals surface area contributed by atoms with Crippen molar-refractivity contribution < 1.29 is 0 Å². The number of aryl methyl sites for hydroxylation is 1. The minimum Gasteiger partial charge on any atom is -0.304 e. The molecule has 3 aromatic rings. The standard InChI is InChI=1S/C13H12N4O/c1-8-6-9(7-10-4-2-3-5-14-10)11-12(15-8)17-13(18)16-11/h2-6H,7H2,1H3,(H2,15,16,17,18). The number of aromatic amines is 2. The van der Waals surface area contributed by atoms with E-state index in [9.17, 15) is 4.79 Å². The molecular formula is C13H12N4O. The van der Waals surface area contributed by atoms with E-state index in [1.54, 1.807) is 6.20 Å². The number of pyridine rings is 2. The summed E-state index contributed by atoms with van der Waals surface area (Å²) < 4.78 is 0. The molecule has 0 spiro atoms. The Balaban J connectivity index is 2.13. The molecule has 0 aromatic carbocycles. The van der Waals surface area contributed by atoms with Gasteiger partial charge in [0.25, 0.3) is 0 Å². The average Bonchev–Trinajstić information content (AvgIpc) is 2.71. The van der Waals surface area contributed by atoms with Gasteiger partial charge in [0.2, 0.25) is 0 Å². The Morgan fingerprint density at radius 1 is 1.28 bits per heavy atom. The summed E-state index contributed by atoms with van der Waals surface area (Å²) in [5, 5.41) is 0. The van der Waals surface area contributed by atoms with Crippen molar-refractivity contribution in [2.24, 2.45) is 0 Å². The fourth-order valence-corrected chi connectivity index (χ4v) is 2.06. The fourth-order valence-electron chi connectivity index (χ4n) is 2.06. The molecule has 18 heavy (non-hydrogen) atoms. The SMILES string of the molecule is Cc1cc(Cc2ccccn2)c2[nH]c(=O)[nH]c2n1. The number of hydrogen-bond acceptors (Lipinski definition) is 3. The second-order valence-electron chi connectivity index (χ2n) is 4.22. The highest BCUT2D eigenvalue weighted by Gasteiger charge is 2.08. The fraction of sp³-hybridized carbons (Fsp3) is 0.154. The molecule has 3 heterocycles. The lowest BCUT2D eigenvalue weighted by molar-refractivity contribution is 1.07. The van der Waals surface area contributed by atoms with E-state index in [-0.39, 0.29) is 5.69 Å². The van der Waals surface area contributed by atoms with Crippen molar-refractivity contribution in [1.82, 2.24) is 19.9 Å². The van der Waals surface area contributed by atoms with Crippen molar-refractivity contribution in [3.8, 4) is 0 Å². The number of H-pyrrole nitrogens is 2. The second-order valence-corrected chi connectivity index (χ2v) is 4.22. The Labute approximate surface area is 103 Å². The third-order valence-electron chi connectivity index (χ3n) is 2.80. The van der Waals surface area contributed by atoms with Crippen LogP contribution in [0.4, 0.5) is 0 Å².